The lowest BCUT2D eigenvalue weighted by Gasteiger charge is -2.15. The van der Waals surface area contributed by atoms with Crippen LogP contribution >= 0.6 is 11.6 Å². The SMILES string of the molecule is COc1ccc(/C=C/C(=O)N(C)CCCCOc2ccc(Cl)cc2)cc1OC. The minimum Gasteiger partial charge on any atom is -0.494 e. The van der Waals surface area contributed by atoms with Crippen molar-refractivity contribution in [3.05, 3.63) is 59.1 Å². The maximum absolute atomic E-state index is 12.3. The van der Waals surface area contributed by atoms with E-state index in [1.54, 1.807) is 50.5 Å². The summed E-state index contributed by atoms with van der Waals surface area (Å²) in [6.07, 6.45) is 5.05. The largest absolute Gasteiger partial charge is 0.494 e. The monoisotopic (exact) mass is 403 g/mol. The highest BCUT2D eigenvalue weighted by molar-refractivity contribution is 6.30. The number of rotatable bonds is 10. The normalized spacial score (nSPS) is 10.7. The van der Waals surface area contributed by atoms with Gasteiger partial charge in [-0.3, -0.25) is 4.79 Å². The number of amides is 1. The molecule has 0 atom stereocenters. The van der Waals surface area contributed by atoms with E-state index >= 15 is 0 Å². The molecule has 2 aromatic rings. The average Bonchev–Trinajstić information content (AvgIpc) is 2.72. The molecule has 0 aliphatic rings. The first-order chi connectivity index (χ1) is 13.5. The van der Waals surface area contributed by atoms with E-state index in [4.69, 9.17) is 25.8 Å². The molecule has 0 radical (unpaired) electrons. The van der Waals surface area contributed by atoms with Gasteiger partial charge < -0.3 is 19.1 Å². The second-order valence-corrected chi connectivity index (χ2v) is 6.65. The van der Waals surface area contributed by atoms with Crippen molar-refractivity contribution in [2.24, 2.45) is 0 Å². The summed E-state index contributed by atoms with van der Waals surface area (Å²) < 4.78 is 16.1. The molecule has 0 heterocycles. The zero-order chi connectivity index (χ0) is 20.4. The molecule has 2 aromatic carbocycles. The molecular formula is C22H26ClNO4. The van der Waals surface area contributed by atoms with Gasteiger partial charge in [0.2, 0.25) is 5.91 Å². The number of carbonyl (C=O) groups excluding carboxylic acids is 1. The van der Waals surface area contributed by atoms with E-state index < -0.39 is 0 Å². The minimum absolute atomic E-state index is 0.0478. The second kappa shape index (κ2) is 11.2. The second-order valence-electron chi connectivity index (χ2n) is 6.22. The predicted molar refractivity (Wildman–Crippen MR) is 112 cm³/mol. The molecule has 0 saturated carbocycles. The number of hydrogen-bond donors (Lipinski definition) is 0. The molecule has 5 nitrogen and oxygen atoms in total. The van der Waals surface area contributed by atoms with E-state index in [0.29, 0.717) is 29.7 Å². The fourth-order valence-corrected chi connectivity index (χ4v) is 2.66. The Morgan fingerprint density at radius 1 is 1.04 bits per heavy atom. The third-order valence-corrected chi connectivity index (χ3v) is 4.42. The fourth-order valence-electron chi connectivity index (χ4n) is 2.53. The maximum atomic E-state index is 12.3. The molecule has 28 heavy (non-hydrogen) atoms. The van der Waals surface area contributed by atoms with Gasteiger partial charge in [-0.15, -0.1) is 0 Å². The van der Waals surface area contributed by atoms with Crippen LogP contribution in [0.25, 0.3) is 6.08 Å². The molecule has 0 N–H and O–H groups in total. The fraction of sp³-hybridized carbons (Fsp3) is 0.318. The lowest BCUT2D eigenvalue weighted by atomic mass is 10.2. The molecule has 1 amide bonds. The van der Waals surface area contributed by atoms with Gasteiger partial charge in [0.25, 0.3) is 0 Å². The number of ether oxygens (including phenoxy) is 3. The summed E-state index contributed by atoms with van der Waals surface area (Å²) in [5.41, 5.74) is 0.871. The molecule has 0 saturated heterocycles. The van der Waals surface area contributed by atoms with Crippen LogP contribution in [-0.2, 0) is 4.79 Å². The van der Waals surface area contributed by atoms with Crippen LogP contribution < -0.4 is 14.2 Å². The Balaban J connectivity index is 1.73. The van der Waals surface area contributed by atoms with Gasteiger partial charge in [-0.1, -0.05) is 17.7 Å². The number of halogens is 1. The minimum atomic E-state index is -0.0478. The van der Waals surface area contributed by atoms with Gasteiger partial charge in [0.15, 0.2) is 11.5 Å². The standard InChI is InChI=1S/C22H26ClNO4/c1-24(14-4-5-15-28-19-10-8-18(23)9-11-19)22(25)13-7-17-6-12-20(26-2)21(16-17)27-3/h6-13,16H,4-5,14-15H2,1-3H3/b13-7+. The van der Waals surface area contributed by atoms with Crippen LogP contribution in [0.5, 0.6) is 17.2 Å². The summed E-state index contributed by atoms with van der Waals surface area (Å²) in [4.78, 5) is 13.9. The van der Waals surface area contributed by atoms with Crippen LogP contribution in [0, 0.1) is 0 Å². The Labute approximate surface area is 171 Å². The van der Waals surface area contributed by atoms with Crippen molar-refractivity contribution >= 4 is 23.6 Å². The predicted octanol–water partition coefficient (Wildman–Crippen LogP) is 4.69. The van der Waals surface area contributed by atoms with Gasteiger partial charge in [0, 0.05) is 24.7 Å². The van der Waals surface area contributed by atoms with Crippen LogP contribution in [0.1, 0.15) is 18.4 Å². The summed E-state index contributed by atoms with van der Waals surface area (Å²) in [6.45, 7) is 1.27. The lowest BCUT2D eigenvalue weighted by molar-refractivity contribution is -0.124. The van der Waals surface area contributed by atoms with E-state index in [0.717, 1.165) is 24.2 Å². The van der Waals surface area contributed by atoms with Crippen molar-refractivity contribution in [2.75, 3.05) is 34.4 Å². The smallest absolute Gasteiger partial charge is 0.246 e. The maximum Gasteiger partial charge on any atom is 0.246 e. The van der Waals surface area contributed by atoms with Gasteiger partial charge in [-0.05, 0) is 60.9 Å². The molecule has 0 fully saturated rings. The number of likely N-dealkylation sites (N-methyl/N-ethyl adjacent to an activating group) is 1. The number of hydrogen-bond acceptors (Lipinski definition) is 4. The molecule has 2 rings (SSSR count). The Morgan fingerprint density at radius 3 is 2.43 bits per heavy atom. The summed E-state index contributed by atoms with van der Waals surface area (Å²) >= 11 is 5.84. The van der Waals surface area contributed by atoms with Crippen molar-refractivity contribution in [3.63, 3.8) is 0 Å². The van der Waals surface area contributed by atoms with E-state index in [2.05, 4.69) is 0 Å². The van der Waals surface area contributed by atoms with Crippen LogP contribution in [-0.4, -0.2) is 45.2 Å². The number of methoxy groups -OCH3 is 2. The van der Waals surface area contributed by atoms with Gasteiger partial charge in [0.05, 0.1) is 20.8 Å². The molecular weight excluding hydrogens is 378 g/mol. The molecule has 0 unspecified atom stereocenters. The molecule has 0 aliphatic carbocycles. The van der Waals surface area contributed by atoms with Crippen molar-refractivity contribution < 1.29 is 19.0 Å². The number of benzene rings is 2. The first-order valence-corrected chi connectivity index (χ1v) is 9.45. The molecule has 0 aliphatic heterocycles. The molecule has 0 aromatic heterocycles. The first-order valence-electron chi connectivity index (χ1n) is 9.07. The highest BCUT2D eigenvalue weighted by Crippen LogP contribution is 2.28. The quantitative estimate of drug-likeness (QED) is 0.426. The van der Waals surface area contributed by atoms with Crippen molar-refractivity contribution in [2.45, 2.75) is 12.8 Å². The summed E-state index contributed by atoms with van der Waals surface area (Å²) in [5, 5.41) is 0.689. The van der Waals surface area contributed by atoms with E-state index in [9.17, 15) is 4.79 Å². The molecule has 0 bridgehead atoms. The molecule has 0 spiro atoms. The van der Waals surface area contributed by atoms with Crippen LogP contribution in [0.4, 0.5) is 0 Å². The lowest BCUT2D eigenvalue weighted by Crippen LogP contribution is -2.26. The van der Waals surface area contributed by atoms with Gasteiger partial charge >= 0.3 is 0 Å². The molecule has 150 valence electrons. The number of unbranched alkanes of at least 4 members (excludes halogenated alkanes) is 1. The van der Waals surface area contributed by atoms with Crippen molar-refractivity contribution in [1.29, 1.82) is 0 Å². The highest BCUT2D eigenvalue weighted by Gasteiger charge is 2.06. The zero-order valence-corrected chi connectivity index (χ0v) is 17.2. The Morgan fingerprint density at radius 2 is 1.75 bits per heavy atom. The summed E-state index contributed by atoms with van der Waals surface area (Å²) in [7, 11) is 4.97. The van der Waals surface area contributed by atoms with Gasteiger partial charge in [0.1, 0.15) is 5.75 Å². The van der Waals surface area contributed by atoms with Crippen LogP contribution in [0.2, 0.25) is 5.02 Å². The van der Waals surface area contributed by atoms with E-state index in [-0.39, 0.29) is 5.91 Å². The van der Waals surface area contributed by atoms with Crippen molar-refractivity contribution in [3.8, 4) is 17.2 Å². The summed E-state index contributed by atoms with van der Waals surface area (Å²) in [6, 6.07) is 12.8. The Hall–Kier alpha value is -2.66. The van der Waals surface area contributed by atoms with Crippen LogP contribution in [0.3, 0.4) is 0 Å². The van der Waals surface area contributed by atoms with Gasteiger partial charge in [-0.2, -0.15) is 0 Å². The number of carbonyl (C=O) groups is 1. The third-order valence-electron chi connectivity index (χ3n) is 4.17. The van der Waals surface area contributed by atoms with E-state index in [1.807, 2.05) is 30.3 Å². The Kier molecular flexibility index (Phi) is 8.69. The third kappa shape index (κ3) is 6.82. The zero-order valence-electron chi connectivity index (χ0n) is 16.5. The summed E-state index contributed by atoms with van der Waals surface area (Å²) in [5.74, 6) is 2.04. The average molecular weight is 404 g/mol. The topological polar surface area (TPSA) is 48.0 Å². The highest BCUT2D eigenvalue weighted by atomic mass is 35.5. The molecule has 6 heteroatoms. The van der Waals surface area contributed by atoms with Gasteiger partial charge in [-0.25, -0.2) is 0 Å². The van der Waals surface area contributed by atoms with E-state index in [1.165, 1.54) is 0 Å². The van der Waals surface area contributed by atoms with Crippen LogP contribution in [0.15, 0.2) is 48.5 Å². The Bertz CT molecular complexity index is 790. The van der Waals surface area contributed by atoms with Crippen molar-refractivity contribution in [1.82, 2.24) is 4.90 Å². The number of nitrogens with zero attached hydrogens (tertiary/aromatic N) is 1. The first kappa shape index (κ1) is 21.6.